The molecule has 1 aromatic rings. The zero-order valence-corrected chi connectivity index (χ0v) is 12.6. The second-order valence-electron chi connectivity index (χ2n) is 5.19. The van der Waals surface area contributed by atoms with Crippen molar-refractivity contribution in [1.29, 1.82) is 0 Å². The van der Waals surface area contributed by atoms with E-state index in [9.17, 15) is 8.42 Å². The Kier molecular flexibility index (Phi) is 5.97. The predicted octanol–water partition coefficient (Wildman–Crippen LogP) is 2.11. The third kappa shape index (κ3) is 4.93. The number of rotatable bonds is 7. The zero-order chi connectivity index (χ0) is 14.5. The van der Waals surface area contributed by atoms with Gasteiger partial charge in [0.2, 0.25) is 10.0 Å². The Labute approximate surface area is 115 Å². The molecule has 0 fully saturated rings. The van der Waals surface area contributed by atoms with Crippen molar-refractivity contribution in [2.45, 2.75) is 38.0 Å². The van der Waals surface area contributed by atoms with Crippen molar-refractivity contribution in [3.63, 3.8) is 0 Å². The summed E-state index contributed by atoms with van der Waals surface area (Å²) in [5, 5.41) is 8.79. The van der Waals surface area contributed by atoms with Crippen LogP contribution in [0.4, 0.5) is 0 Å². The van der Waals surface area contributed by atoms with Gasteiger partial charge in [-0.3, -0.25) is 0 Å². The summed E-state index contributed by atoms with van der Waals surface area (Å²) in [5.41, 5.74) is 1.12. The fraction of sp³-hybridized carbons (Fsp3) is 0.571. The molecule has 1 aromatic carbocycles. The summed E-state index contributed by atoms with van der Waals surface area (Å²) in [5.74, 6) is 0.504. The third-order valence-electron chi connectivity index (χ3n) is 3.10. The molecule has 1 unspecified atom stereocenters. The van der Waals surface area contributed by atoms with E-state index in [0.717, 1.165) is 5.56 Å². The van der Waals surface area contributed by atoms with E-state index in [1.807, 2.05) is 19.1 Å². The molecule has 0 aliphatic carbocycles. The van der Waals surface area contributed by atoms with Crippen LogP contribution in [-0.4, -0.2) is 26.7 Å². The quantitative estimate of drug-likeness (QED) is 0.806. The van der Waals surface area contributed by atoms with Gasteiger partial charge in [-0.15, -0.1) is 0 Å². The molecule has 0 saturated carbocycles. The SMILES string of the molecule is CC(CCO)CNS(=O)(=O)c1ccc(C(C)C)cc1. The maximum atomic E-state index is 12.0. The second-order valence-corrected chi connectivity index (χ2v) is 6.96. The van der Waals surface area contributed by atoms with Crippen molar-refractivity contribution in [3.8, 4) is 0 Å². The van der Waals surface area contributed by atoms with Gasteiger partial charge in [-0.2, -0.15) is 0 Å². The first-order chi connectivity index (χ1) is 8.86. The Balaban J connectivity index is 2.72. The van der Waals surface area contributed by atoms with Gasteiger partial charge < -0.3 is 5.11 Å². The number of aliphatic hydroxyl groups is 1. The predicted molar refractivity (Wildman–Crippen MR) is 76.6 cm³/mol. The number of sulfonamides is 1. The fourth-order valence-corrected chi connectivity index (χ4v) is 2.85. The molecule has 0 bridgehead atoms. The Morgan fingerprint density at radius 2 is 1.74 bits per heavy atom. The molecular formula is C14H23NO3S. The van der Waals surface area contributed by atoms with Crippen LogP contribution in [0, 0.1) is 5.92 Å². The van der Waals surface area contributed by atoms with Crippen LogP contribution in [0.15, 0.2) is 29.2 Å². The number of nitrogens with one attached hydrogen (secondary N) is 1. The molecule has 0 aliphatic heterocycles. The standard InChI is InChI=1S/C14H23NO3S/c1-11(2)13-4-6-14(7-5-13)19(17,18)15-10-12(3)8-9-16/h4-7,11-12,15-16H,8-10H2,1-3H3. The van der Waals surface area contributed by atoms with Crippen molar-refractivity contribution >= 4 is 10.0 Å². The molecule has 0 spiro atoms. The third-order valence-corrected chi connectivity index (χ3v) is 4.54. The number of benzene rings is 1. The Morgan fingerprint density at radius 3 is 2.21 bits per heavy atom. The second kappa shape index (κ2) is 7.03. The first-order valence-electron chi connectivity index (χ1n) is 6.57. The lowest BCUT2D eigenvalue weighted by molar-refractivity contribution is 0.263. The molecule has 4 nitrogen and oxygen atoms in total. The monoisotopic (exact) mass is 285 g/mol. The lowest BCUT2D eigenvalue weighted by atomic mass is 10.0. The lowest BCUT2D eigenvalue weighted by Gasteiger charge is -2.12. The largest absolute Gasteiger partial charge is 0.396 e. The van der Waals surface area contributed by atoms with Gasteiger partial charge in [-0.25, -0.2) is 13.1 Å². The first kappa shape index (κ1) is 16.1. The van der Waals surface area contributed by atoms with Crippen LogP contribution in [0.1, 0.15) is 38.7 Å². The summed E-state index contributed by atoms with van der Waals surface area (Å²) in [7, 11) is -3.45. The topological polar surface area (TPSA) is 66.4 Å². The average molecular weight is 285 g/mol. The maximum Gasteiger partial charge on any atom is 0.240 e. The molecule has 0 saturated heterocycles. The number of hydrogen-bond donors (Lipinski definition) is 2. The highest BCUT2D eigenvalue weighted by molar-refractivity contribution is 7.89. The molecule has 2 N–H and O–H groups in total. The normalized spacial score (nSPS) is 13.7. The molecule has 19 heavy (non-hydrogen) atoms. The van der Waals surface area contributed by atoms with Crippen molar-refractivity contribution in [2.24, 2.45) is 5.92 Å². The molecule has 1 atom stereocenters. The van der Waals surface area contributed by atoms with Crippen molar-refractivity contribution in [1.82, 2.24) is 4.72 Å². The summed E-state index contributed by atoms with van der Waals surface area (Å²) in [6.07, 6.45) is 0.592. The summed E-state index contributed by atoms with van der Waals surface area (Å²) < 4.78 is 26.7. The van der Waals surface area contributed by atoms with E-state index in [1.54, 1.807) is 12.1 Å². The van der Waals surface area contributed by atoms with Crippen LogP contribution in [0.2, 0.25) is 0 Å². The van der Waals surface area contributed by atoms with E-state index in [-0.39, 0.29) is 17.4 Å². The summed E-state index contributed by atoms with van der Waals surface area (Å²) in [6, 6.07) is 6.95. The Bertz CT molecular complexity index is 480. The van der Waals surface area contributed by atoms with Crippen molar-refractivity contribution in [3.05, 3.63) is 29.8 Å². The summed E-state index contributed by atoms with van der Waals surface area (Å²) >= 11 is 0. The fourth-order valence-electron chi connectivity index (χ4n) is 1.69. The Hall–Kier alpha value is -0.910. The van der Waals surface area contributed by atoms with Gasteiger partial charge in [-0.1, -0.05) is 32.9 Å². The van der Waals surface area contributed by atoms with Gasteiger partial charge in [-0.05, 0) is 36.0 Å². The lowest BCUT2D eigenvalue weighted by Crippen LogP contribution is -2.28. The van der Waals surface area contributed by atoms with Crippen molar-refractivity contribution < 1.29 is 13.5 Å². The smallest absolute Gasteiger partial charge is 0.240 e. The summed E-state index contributed by atoms with van der Waals surface area (Å²) in [4.78, 5) is 0.285. The minimum Gasteiger partial charge on any atom is -0.396 e. The van der Waals surface area contributed by atoms with Crippen LogP contribution < -0.4 is 4.72 Å². The highest BCUT2D eigenvalue weighted by Gasteiger charge is 2.15. The van der Waals surface area contributed by atoms with Crippen LogP contribution in [-0.2, 0) is 10.0 Å². The van der Waals surface area contributed by atoms with Crippen molar-refractivity contribution in [2.75, 3.05) is 13.2 Å². The van der Waals surface area contributed by atoms with Gasteiger partial charge >= 0.3 is 0 Å². The highest BCUT2D eigenvalue weighted by atomic mass is 32.2. The van der Waals surface area contributed by atoms with E-state index >= 15 is 0 Å². The number of hydrogen-bond acceptors (Lipinski definition) is 3. The number of aliphatic hydroxyl groups excluding tert-OH is 1. The molecule has 108 valence electrons. The molecule has 0 amide bonds. The average Bonchev–Trinajstić information content (AvgIpc) is 2.37. The molecule has 0 heterocycles. The van der Waals surface area contributed by atoms with E-state index < -0.39 is 10.0 Å². The van der Waals surface area contributed by atoms with E-state index in [2.05, 4.69) is 18.6 Å². The van der Waals surface area contributed by atoms with Gasteiger partial charge in [0.05, 0.1) is 4.90 Å². The first-order valence-corrected chi connectivity index (χ1v) is 8.05. The molecule has 0 aromatic heterocycles. The van der Waals surface area contributed by atoms with Gasteiger partial charge in [0.25, 0.3) is 0 Å². The molecule has 1 rings (SSSR count). The molecule has 5 heteroatoms. The molecule has 0 radical (unpaired) electrons. The molecule has 0 aliphatic rings. The van der Waals surface area contributed by atoms with E-state index in [0.29, 0.717) is 18.9 Å². The molecular weight excluding hydrogens is 262 g/mol. The maximum absolute atomic E-state index is 12.0. The highest BCUT2D eigenvalue weighted by Crippen LogP contribution is 2.17. The van der Waals surface area contributed by atoms with Gasteiger partial charge in [0.15, 0.2) is 0 Å². The van der Waals surface area contributed by atoms with E-state index in [4.69, 9.17) is 5.11 Å². The Morgan fingerprint density at radius 1 is 1.16 bits per heavy atom. The van der Waals surface area contributed by atoms with Crippen LogP contribution >= 0.6 is 0 Å². The van der Waals surface area contributed by atoms with Crippen LogP contribution in [0.5, 0.6) is 0 Å². The van der Waals surface area contributed by atoms with Gasteiger partial charge in [0.1, 0.15) is 0 Å². The minimum absolute atomic E-state index is 0.0754. The van der Waals surface area contributed by atoms with E-state index in [1.165, 1.54) is 0 Å². The van der Waals surface area contributed by atoms with Crippen LogP contribution in [0.25, 0.3) is 0 Å². The zero-order valence-electron chi connectivity index (χ0n) is 11.8. The minimum atomic E-state index is -3.45. The summed E-state index contributed by atoms with van der Waals surface area (Å²) in [6.45, 7) is 6.46. The van der Waals surface area contributed by atoms with Gasteiger partial charge in [0, 0.05) is 13.2 Å². The van der Waals surface area contributed by atoms with Crippen LogP contribution in [0.3, 0.4) is 0 Å².